The Morgan fingerprint density at radius 1 is 1.20 bits per heavy atom. The SMILES string of the molecule is C=C/C=C(\C=C)[C@@H](C)c1ccc(C)cc1. The van der Waals surface area contributed by atoms with Crippen molar-refractivity contribution in [3.8, 4) is 0 Å². The first-order valence-corrected chi connectivity index (χ1v) is 5.20. The molecule has 0 bridgehead atoms. The molecule has 0 aliphatic rings. The van der Waals surface area contributed by atoms with E-state index in [1.54, 1.807) is 0 Å². The summed E-state index contributed by atoms with van der Waals surface area (Å²) in [5.41, 5.74) is 3.81. The van der Waals surface area contributed by atoms with E-state index in [-0.39, 0.29) is 0 Å². The largest absolute Gasteiger partial charge is 0.0991 e. The molecule has 0 aliphatic heterocycles. The Labute approximate surface area is 92.6 Å². The van der Waals surface area contributed by atoms with Crippen LogP contribution in [0.15, 0.2) is 61.2 Å². The van der Waals surface area contributed by atoms with Crippen LogP contribution in [0.4, 0.5) is 0 Å². The molecule has 78 valence electrons. The molecule has 1 atom stereocenters. The predicted octanol–water partition coefficient (Wildman–Crippen LogP) is 4.40. The Morgan fingerprint density at radius 3 is 2.27 bits per heavy atom. The lowest BCUT2D eigenvalue weighted by Crippen LogP contribution is -1.95. The summed E-state index contributed by atoms with van der Waals surface area (Å²) in [6, 6.07) is 8.61. The molecule has 1 aromatic carbocycles. The van der Waals surface area contributed by atoms with Gasteiger partial charge < -0.3 is 0 Å². The fourth-order valence-corrected chi connectivity index (χ4v) is 1.57. The van der Waals surface area contributed by atoms with E-state index in [2.05, 4.69) is 51.3 Å². The van der Waals surface area contributed by atoms with Gasteiger partial charge >= 0.3 is 0 Å². The van der Waals surface area contributed by atoms with Gasteiger partial charge in [-0.1, -0.05) is 68.1 Å². The second-order valence-electron chi connectivity index (χ2n) is 3.74. The van der Waals surface area contributed by atoms with Crippen molar-refractivity contribution in [2.24, 2.45) is 0 Å². The molecule has 0 saturated heterocycles. The molecule has 0 unspecified atom stereocenters. The molecule has 0 heteroatoms. The molecule has 0 N–H and O–H groups in total. The lowest BCUT2D eigenvalue weighted by molar-refractivity contribution is 0.921. The highest BCUT2D eigenvalue weighted by Gasteiger charge is 2.07. The molecule has 0 fully saturated rings. The molecule has 0 amide bonds. The number of allylic oxidation sites excluding steroid dienone is 4. The van der Waals surface area contributed by atoms with Crippen LogP contribution in [0, 0.1) is 6.92 Å². The van der Waals surface area contributed by atoms with Gasteiger partial charge in [-0.2, -0.15) is 0 Å². The van der Waals surface area contributed by atoms with Gasteiger partial charge in [-0.3, -0.25) is 0 Å². The van der Waals surface area contributed by atoms with Crippen molar-refractivity contribution in [3.63, 3.8) is 0 Å². The predicted molar refractivity (Wildman–Crippen MR) is 68.1 cm³/mol. The van der Waals surface area contributed by atoms with Crippen LogP contribution in [0.2, 0.25) is 0 Å². The molecule has 0 heterocycles. The van der Waals surface area contributed by atoms with Crippen LogP contribution in [0.1, 0.15) is 24.0 Å². The van der Waals surface area contributed by atoms with E-state index in [1.165, 1.54) is 16.7 Å². The van der Waals surface area contributed by atoms with E-state index in [1.807, 2.05) is 18.2 Å². The van der Waals surface area contributed by atoms with E-state index in [0.29, 0.717) is 5.92 Å². The lowest BCUT2D eigenvalue weighted by Gasteiger charge is -2.13. The van der Waals surface area contributed by atoms with Crippen LogP contribution >= 0.6 is 0 Å². The molecule has 0 spiro atoms. The number of rotatable bonds is 4. The molecule has 0 radical (unpaired) electrons. The molecule has 0 nitrogen and oxygen atoms in total. The molecule has 15 heavy (non-hydrogen) atoms. The van der Waals surface area contributed by atoms with Crippen molar-refractivity contribution in [1.29, 1.82) is 0 Å². The summed E-state index contributed by atoms with van der Waals surface area (Å²) in [5.74, 6) is 0.376. The Morgan fingerprint density at radius 2 is 1.80 bits per heavy atom. The smallest absolute Gasteiger partial charge is 0.00607 e. The summed E-state index contributed by atoms with van der Waals surface area (Å²) in [4.78, 5) is 0. The van der Waals surface area contributed by atoms with Gasteiger partial charge in [-0.15, -0.1) is 0 Å². The molecule has 1 rings (SSSR count). The average Bonchev–Trinajstić information content (AvgIpc) is 2.26. The summed E-state index contributed by atoms with van der Waals surface area (Å²) < 4.78 is 0. The van der Waals surface area contributed by atoms with Gasteiger partial charge in [0.25, 0.3) is 0 Å². The first-order chi connectivity index (χ1) is 7.19. The highest BCUT2D eigenvalue weighted by molar-refractivity contribution is 5.36. The third-order valence-electron chi connectivity index (χ3n) is 2.62. The highest BCUT2D eigenvalue weighted by Crippen LogP contribution is 2.24. The van der Waals surface area contributed by atoms with Crippen molar-refractivity contribution in [2.75, 3.05) is 0 Å². The van der Waals surface area contributed by atoms with E-state index in [4.69, 9.17) is 0 Å². The second kappa shape index (κ2) is 5.35. The van der Waals surface area contributed by atoms with Gasteiger partial charge in [0.05, 0.1) is 0 Å². The Bertz CT molecular complexity index is 366. The maximum atomic E-state index is 3.83. The van der Waals surface area contributed by atoms with Crippen LogP contribution in [0.25, 0.3) is 0 Å². The second-order valence-corrected chi connectivity index (χ2v) is 3.74. The molecule has 0 aliphatic carbocycles. The topological polar surface area (TPSA) is 0 Å². The summed E-state index contributed by atoms with van der Waals surface area (Å²) >= 11 is 0. The minimum absolute atomic E-state index is 0.376. The van der Waals surface area contributed by atoms with Gasteiger partial charge in [0.2, 0.25) is 0 Å². The van der Waals surface area contributed by atoms with Crippen LogP contribution in [-0.2, 0) is 0 Å². The van der Waals surface area contributed by atoms with Gasteiger partial charge in [-0.05, 0) is 18.1 Å². The molecular weight excluding hydrogens is 180 g/mol. The quantitative estimate of drug-likeness (QED) is 0.629. The average molecular weight is 198 g/mol. The fourth-order valence-electron chi connectivity index (χ4n) is 1.57. The van der Waals surface area contributed by atoms with E-state index >= 15 is 0 Å². The van der Waals surface area contributed by atoms with Gasteiger partial charge in [0, 0.05) is 5.92 Å². The van der Waals surface area contributed by atoms with Crippen LogP contribution in [0.5, 0.6) is 0 Å². The Balaban J connectivity index is 2.97. The lowest BCUT2D eigenvalue weighted by atomic mass is 9.92. The third-order valence-corrected chi connectivity index (χ3v) is 2.62. The van der Waals surface area contributed by atoms with Gasteiger partial charge in [0.1, 0.15) is 0 Å². The summed E-state index contributed by atoms with van der Waals surface area (Å²) in [5, 5.41) is 0. The zero-order chi connectivity index (χ0) is 11.3. The minimum atomic E-state index is 0.376. The first kappa shape index (κ1) is 11.5. The van der Waals surface area contributed by atoms with Crippen molar-refractivity contribution in [1.82, 2.24) is 0 Å². The van der Waals surface area contributed by atoms with Gasteiger partial charge in [0.15, 0.2) is 0 Å². The molecule has 0 saturated carbocycles. The number of benzene rings is 1. The van der Waals surface area contributed by atoms with Crippen LogP contribution in [-0.4, -0.2) is 0 Å². The van der Waals surface area contributed by atoms with E-state index in [0.717, 1.165) is 0 Å². The number of hydrogen-bond acceptors (Lipinski definition) is 0. The van der Waals surface area contributed by atoms with Crippen molar-refractivity contribution in [3.05, 3.63) is 72.4 Å². The zero-order valence-corrected chi connectivity index (χ0v) is 9.53. The number of aryl methyl sites for hydroxylation is 1. The van der Waals surface area contributed by atoms with E-state index < -0.39 is 0 Å². The molecule has 0 aromatic heterocycles. The van der Waals surface area contributed by atoms with Crippen molar-refractivity contribution >= 4 is 0 Å². The first-order valence-electron chi connectivity index (χ1n) is 5.20. The summed E-state index contributed by atoms with van der Waals surface area (Å²) in [6.07, 6.45) is 5.71. The summed E-state index contributed by atoms with van der Waals surface area (Å²) in [6.45, 7) is 11.8. The number of hydrogen-bond donors (Lipinski definition) is 0. The standard InChI is InChI=1S/C15H18/c1-5-7-14(6-2)13(4)15-10-8-12(3)9-11-15/h5-11,13H,1-2H2,3-4H3/b14-7+/t13-/m1/s1. The van der Waals surface area contributed by atoms with Crippen LogP contribution in [0.3, 0.4) is 0 Å². The molecular formula is C15H18. The zero-order valence-electron chi connectivity index (χ0n) is 9.53. The van der Waals surface area contributed by atoms with Gasteiger partial charge in [-0.25, -0.2) is 0 Å². The van der Waals surface area contributed by atoms with Crippen molar-refractivity contribution in [2.45, 2.75) is 19.8 Å². The third kappa shape index (κ3) is 2.95. The van der Waals surface area contributed by atoms with Crippen LogP contribution < -0.4 is 0 Å². The normalized spacial score (nSPS) is 13.3. The monoisotopic (exact) mass is 198 g/mol. The van der Waals surface area contributed by atoms with Crippen molar-refractivity contribution < 1.29 is 0 Å². The van der Waals surface area contributed by atoms with E-state index in [9.17, 15) is 0 Å². The maximum Gasteiger partial charge on any atom is 0.00607 e. The highest BCUT2D eigenvalue weighted by atomic mass is 14.1. The summed E-state index contributed by atoms with van der Waals surface area (Å²) in [7, 11) is 0. The Hall–Kier alpha value is -1.56. The Kier molecular flexibility index (Phi) is 4.11. The maximum absolute atomic E-state index is 3.83. The minimum Gasteiger partial charge on any atom is -0.0991 e. The fraction of sp³-hybridized carbons (Fsp3) is 0.200. The molecule has 1 aromatic rings.